The van der Waals surface area contributed by atoms with Gasteiger partial charge in [0.1, 0.15) is 5.78 Å². The number of ketones is 1. The first-order chi connectivity index (χ1) is 14.1. The van der Waals surface area contributed by atoms with Crippen molar-refractivity contribution in [3.05, 3.63) is 71.8 Å². The van der Waals surface area contributed by atoms with E-state index in [2.05, 4.69) is 84.6 Å². The second-order valence-electron chi connectivity index (χ2n) is 9.81. The number of benzene rings is 2. The second kappa shape index (κ2) is 7.07. The maximum Gasteiger partial charge on any atom is 0.149 e. The van der Waals surface area contributed by atoms with Crippen molar-refractivity contribution < 1.29 is 4.79 Å². The summed E-state index contributed by atoms with van der Waals surface area (Å²) in [5.41, 5.74) is 2.19. The second-order valence-corrected chi connectivity index (χ2v) is 9.81. The Kier molecular flexibility index (Phi) is 4.64. The van der Waals surface area contributed by atoms with Crippen LogP contribution in [0.25, 0.3) is 0 Å². The number of likely N-dealkylation sites (N-methyl/N-ethyl adjacent to an activating group) is 2. The van der Waals surface area contributed by atoms with Crippen LogP contribution in [-0.2, 0) is 4.79 Å². The van der Waals surface area contributed by atoms with Crippen molar-refractivity contribution in [3.8, 4) is 0 Å². The molecule has 1 aliphatic carbocycles. The standard InChI is InChI=1S/C26H32N2O/c1-27-16-22(20-10-5-3-6-11-20)25(18-27)14-9-15-26(24(25)29)19-28(2)17-23(26)21-12-7-4-8-13-21/h3-8,10-13,22-23H,9,14-19H2,1-2H3/t22-,23+,25?,26?. The van der Waals surface area contributed by atoms with E-state index in [4.69, 9.17) is 0 Å². The molecule has 2 aromatic carbocycles. The van der Waals surface area contributed by atoms with Crippen LogP contribution in [0.15, 0.2) is 60.7 Å². The number of rotatable bonds is 2. The number of hydrogen-bond donors (Lipinski definition) is 0. The lowest BCUT2D eigenvalue weighted by atomic mass is 9.53. The summed E-state index contributed by atoms with van der Waals surface area (Å²) in [5.74, 6) is 1.16. The van der Waals surface area contributed by atoms with E-state index in [1.54, 1.807) is 0 Å². The Hall–Kier alpha value is -1.97. The number of carbonyl (C=O) groups is 1. The Bertz CT molecular complexity index is 811. The zero-order valence-electron chi connectivity index (χ0n) is 17.7. The van der Waals surface area contributed by atoms with Crippen molar-refractivity contribution in [2.24, 2.45) is 10.8 Å². The fourth-order valence-corrected chi connectivity index (χ4v) is 6.91. The lowest BCUT2D eigenvalue weighted by molar-refractivity contribution is -0.144. The first-order valence-electron chi connectivity index (χ1n) is 11.1. The monoisotopic (exact) mass is 388 g/mol. The van der Waals surface area contributed by atoms with Crippen molar-refractivity contribution in [1.82, 2.24) is 9.80 Å². The summed E-state index contributed by atoms with van der Waals surface area (Å²) < 4.78 is 0. The molecule has 0 amide bonds. The van der Waals surface area contributed by atoms with E-state index < -0.39 is 0 Å². The molecule has 0 bridgehead atoms. The van der Waals surface area contributed by atoms with Gasteiger partial charge in [0.2, 0.25) is 0 Å². The highest BCUT2D eigenvalue weighted by atomic mass is 16.1. The Morgan fingerprint density at radius 3 is 1.55 bits per heavy atom. The molecule has 5 rings (SSSR count). The highest BCUT2D eigenvalue weighted by Crippen LogP contribution is 2.59. The van der Waals surface area contributed by atoms with Crippen LogP contribution in [0.4, 0.5) is 0 Å². The maximum absolute atomic E-state index is 14.6. The SMILES string of the molecule is CN1C[C@H](c2ccccc2)C2(CCCC3(CN(C)C[C@H]3c3ccccc3)C2=O)C1. The molecule has 2 saturated heterocycles. The molecule has 2 aliphatic heterocycles. The van der Waals surface area contributed by atoms with Gasteiger partial charge in [-0.1, -0.05) is 67.1 Å². The average Bonchev–Trinajstić information content (AvgIpc) is 3.25. The molecule has 3 heteroatoms. The number of carbonyl (C=O) groups excluding carboxylic acids is 1. The third kappa shape index (κ3) is 2.90. The van der Waals surface area contributed by atoms with Gasteiger partial charge in [-0.15, -0.1) is 0 Å². The number of nitrogens with zero attached hydrogens (tertiary/aromatic N) is 2. The minimum atomic E-state index is -0.243. The molecule has 2 spiro atoms. The predicted octanol–water partition coefficient (Wildman–Crippen LogP) is 4.17. The summed E-state index contributed by atoms with van der Waals surface area (Å²) in [5, 5.41) is 0. The normalized spacial score (nSPS) is 35.7. The Labute approximate surface area is 174 Å². The highest BCUT2D eigenvalue weighted by Gasteiger charge is 2.63. The Morgan fingerprint density at radius 2 is 1.14 bits per heavy atom. The van der Waals surface area contributed by atoms with E-state index >= 15 is 0 Å². The topological polar surface area (TPSA) is 23.6 Å². The first-order valence-corrected chi connectivity index (χ1v) is 11.1. The van der Waals surface area contributed by atoms with Gasteiger partial charge in [0.05, 0.1) is 10.8 Å². The van der Waals surface area contributed by atoms with Crippen molar-refractivity contribution >= 4 is 5.78 Å². The molecule has 3 fully saturated rings. The zero-order chi connectivity index (χ0) is 20.1. The third-order valence-corrected chi connectivity index (χ3v) is 7.98. The summed E-state index contributed by atoms with van der Waals surface area (Å²) in [6.07, 6.45) is 3.21. The van der Waals surface area contributed by atoms with Crippen molar-refractivity contribution in [2.75, 3.05) is 40.3 Å². The fourth-order valence-electron chi connectivity index (χ4n) is 6.91. The molecule has 0 aromatic heterocycles. The van der Waals surface area contributed by atoms with Gasteiger partial charge in [-0.05, 0) is 38.1 Å². The molecule has 0 N–H and O–H groups in total. The van der Waals surface area contributed by atoms with Gasteiger partial charge in [0, 0.05) is 38.0 Å². The lowest BCUT2D eigenvalue weighted by Gasteiger charge is -2.48. The molecule has 29 heavy (non-hydrogen) atoms. The molecule has 2 unspecified atom stereocenters. The van der Waals surface area contributed by atoms with Crippen LogP contribution in [-0.4, -0.2) is 55.9 Å². The number of likely N-dealkylation sites (tertiary alicyclic amines) is 2. The largest absolute Gasteiger partial charge is 0.305 e. The third-order valence-electron chi connectivity index (χ3n) is 7.98. The molecule has 2 aromatic rings. The molecule has 1 saturated carbocycles. The summed E-state index contributed by atoms with van der Waals surface area (Å²) in [6.45, 7) is 3.77. The predicted molar refractivity (Wildman–Crippen MR) is 117 cm³/mol. The highest BCUT2D eigenvalue weighted by molar-refractivity contribution is 5.94. The molecule has 2 heterocycles. The molecular formula is C26H32N2O. The zero-order valence-corrected chi connectivity index (χ0v) is 17.7. The van der Waals surface area contributed by atoms with E-state index in [1.807, 2.05) is 0 Å². The Morgan fingerprint density at radius 1 is 0.724 bits per heavy atom. The lowest BCUT2D eigenvalue weighted by Crippen LogP contribution is -2.53. The van der Waals surface area contributed by atoms with Crippen molar-refractivity contribution in [2.45, 2.75) is 31.1 Å². The quantitative estimate of drug-likeness (QED) is 0.771. The smallest absolute Gasteiger partial charge is 0.149 e. The van der Waals surface area contributed by atoms with Gasteiger partial charge in [-0.2, -0.15) is 0 Å². The minimum absolute atomic E-state index is 0.243. The van der Waals surface area contributed by atoms with Crippen LogP contribution in [0.5, 0.6) is 0 Å². The van der Waals surface area contributed by atoms with Gasteiger partial charge in [0.15, 0.2) is 0 Å². The van der Waals surface area contributed by atoms with E-state index in [0.29, 0.717) is 17.6 Å². The van der Waals surface area contributed by atoms with Crippen LogP contribution < -0.4 is 0 Å². The fraction of sp³-hybridized carbons (Fsp3) is 0.500. The van der Waals surface area contributed by atoms with Gasteiger partial charge >= 0.3 is 0 Å². The van der Waals surface area contributed by atoms with Gasteiger partial charge < -0.3 is 9.80 Å². The van der Waals surface area contributed by atoms with E-state index in [-0.39, 0.29) is 10.8 Å². The van der Waals surface area contributed by atoms with Gasteiger partial charge in [-0.25, -0.2) is 0 Å². The van der Waals surface area contributed by atoms with Gasteiger partial charge in [-0.3, -0.25) is 4.79 Å². The van der Waals surface area contributed by atoms with Crippen LogP contribution >= 0.6 is 0 Å². The maximum atomic E-state index is 14.6. The van der Waals surface area contributed by atoms with Crippen LogP contribution in [0.1, 0.15) is 42.2 Å². The average molecular weight is 389 g/mol. The van der Waals surface area contributed by atoms with E-state index in [0.717, 1.165) is 45.4 Å². The van der Waals surface area contributed by atoms with Crippen LogP contribution in [0.2, 0.25) is 0 Å². The molecule has 4 atom stereocenters. The van der Waals surface area contributed by atoms with Crippen molar-refractivity contribution in [3.63, 3.8) is 0 Å². The summed E-state index contributed by atoms with van der Waals surface area (Å²) in [6, 6.07) is 21.6. The summed E-state index contributed by atoms with van der Waals surface area (Å²) in [4.78, 5) is 19.4. The molecule has 0 radical (unpaired) electrons. The Balaban J connectivity index is 1.59. The van der Waals surface area contributed by atoms with Crippen molar-refractivity contribution in [1.29, 1.82) is 0 Å². The minimum Gasteiger partial charge on any atom is -0.305 e. The summed E-state index contributed by atoms with van der Waals surface area (Å²) >= 11 is 0. The van der Waals surface area contributed by atoms with E-state index in [9.17, 15) is 4.79 Å². The number of Topliss-reactive ketones (excluding diaryl/α,β-unsaturated/α-hetero) is 1. The molecule has 3 aliphatic rings. The van der Waals surface area contributed by atoms with E-state index in [1.165, 1.54) is 11.1 Å². The summed E-state index contributed by atoms with van der Waals surface area (Å²) in [7, 11) is 4.38. The van der Waals surface area contributed by atoms with Crippen LogP contribution in [0.3, 0.4) is 0 Å². The van der Waals surface area contributed by atoms with Crippen LogP contribution in [0, 0.1) is 10.8 Å². The number of hydrogen-bond acceptors (Lipinski definition) is 3. The van der Waals surface area contributed by atoms with Gasteiger partial charge in [0.25, 0.3) is 0 Å². The molecule has 3 nitrogen and oxygen atoms in total. The first kappa shape index (κ1) is 19.0. The molecule has 152 valence electrons. The molecular weight excluding hydrogens is 356 g/mol.